The molecule has 1 spiro atoms. The summed E-state index contributed by atoms with van der Waals surface area (Å²) in [7, 11) is 0. The Morgan fingerprint density at radius 2 is 1.92 bits per heavy atom. The van der Waals surface area contributed by atoms with Crippen LogP contribution in [-0.4, -0.2) is 41.4 Å². The summed E-state index contributed by atoms with van der Waals surface area (Å²) in [6, 6.07) is -0.282. The molecule has 6 heteroatoms. The second kappa shape index (κ2) is 6.71. The number of carbonyl (C=O) groups is 3. The predicted molar refractivity (Wildman–Crippen MR) is 99.3 cm³/mol. The van der Waals surface area contributed by atoms with Gasteiger partial charge in [-0.15, -0.1) is 0 Å². The van der Waals surface area contributed by atoms with Gasteiger partial charge in [0.2, 0.25) is 5.91 Å². The Morgan fingerprint density at radius 1 is 1.27 bits per heavy atom. The molecule has 0 aromatic rings. The van der Waals surface area contributed by atoms with E-state index >= 15 is 0 Å². The van der Waals surface area contributed by atoms with Gasteiger partial charge in [0.05, 0.1) is 5.92 Å². The molecular weight excluding hydrogens is 330 g/mol. The molecule has 2 N–H and O–H groups in total. The largest absolute Gasteiger partial charge is 0.356 e. The fourth-order valence-corrected chi connectivity index (χ4v) is 4.60. The lowest BCUT2D eigenvalue weighted by Gasteiger charge is -2.20. The SMILES string of the molecule is CC(C)=C[C@@H]1[C@@H](C(=O)NCCCN2C(=O)NC3(CCCC3)C2=O)C1(C)C. The van der Waals surface area contributed by atoms with Gasteiger partial charge in [-0.1, -0.05) is 38.3 Å². The summed E-state index contributed by atoms with van der Waals surface area (Å²) in [6.45, 7) is 9.19. The van der Waals surface area contributed by atoms with Crippen LogP contribution >= 0.6 is 0 Å². The Morgan fingerprint density at radius 3 is 2.54 bits per heavy atom. The minimum atomic E-state index is -0.643. The highest BCUT2D eigenvalue weighted by atomic mass is 16.2. The molecule has 2 saturated carbocycles. The van der Waals surface area contributed by atoms with Gasteiger partial charge in [0.15, 0.2) is 0 Å². The topological polar surface area (TPSA) is 78.5 Å². The normalized spacial score (nSPS) is 28.2. The maximum Gasteiger partial charge on any atom is 0.325 e. The smallest absolute Gasteiger partial charge is 0.325 e. The maximum atomic E-state index is 12.6. The molecule has 0 radical (unpaired) electrons. The van der Waals surface area contributed by atoms with Crippen molar-refractivity contribution >= 4 is 17.8 Å². The number of urea groups is 1. The Labute approximate surface area is 155 Å². The zero-order valence-electron chi connectivity index (χ0n) is 16.4. The number of carbonyl (C=O) groups excluding carboxylic acids is 3. The minimum absolute atomic E-state index is 0.00100. The van der Waals surface area contributed by atoms with Gasteiger partial charge in [0.1, 0.15) is 5.54 Å². The number of imide groups is 1. The molecule has 144 valence electrons. The Bertz CT molecular complexity index is 643. The monoisotopic (exact) mass is 361 g/mol. The second-order valence-electron chi connectivity index (χ2n) is 8.89. The molecule has 26 heavy (non-hydrogen) atoms. The van der Waals surface area contributed by atoms with E-state index < -0.39 is 5.54 Å². The van der Waals surface area contributed by atoms with E-state index in [4.69, 9.17) is 0 Å². The fourth-order valence-electron chi connectivity index (χ4n) is 4.60. The van der Waals surface area contributed by atoms with E-state index in [1.165, 1.54) is 10.5 Å². The molecule has 1 aliphatic heterocycles. The number of hydrogen-bond acceptors (Lipinski definition) is 3. The molecule has 0 aromatic heterocycles. The van der Waals surface area contributed by atoms with Gasteiger partial charge in [-0.2, -0.15) is 0 Å². The summed E-state index contributed by atoms with van der Waals surface area (Å²) < 4.78 is 0. The summed E-state index contributed by atoms with van der Waals surface area (Å²) in [5, 5.41) is 5.87. The van der Waals surface area contributed by atoms with E-state index in [9.17, 15) is 14.4 Å². The first-order valence-electron chi connectivity index (χ1n) is 9.76. The van der Waals surface area contributed by atoms with Gasteiger partial charge in [0, 0.05) is 13.1 Å². The Hall–Kier alpha value is -1.85. The van der Waals surface area contributed by atoms with E-state index in [1.54, 1.807) is 0 Å². The molecule has 6 nitrogen and oxygen atoms in total. The summed E-state index contributed by atoms with van der Waals surface area (Å²) >= 11 is 0. The van der Waals surface area contributed by atoms with Crippen molar-refractivity contribution in [3.63, 3.8) is 0 Å². The third-order valence-electron chi connectivity index (χ3n) is 6.27. The highest BCUT2D eigenvalue weighted by Gasteiger charge is 2.60. The molecule has 2 aliphatic carbocycles. The van der Waals surface area contributed by atoms with Crippen LogP contribution in [0.25, 0.3) is 0 Å². The van der Waals surface area contributed by atoms with Crippen LogP contribution in [0.2, 0.25) is 0 Å². The molecule has 3 fully saturated rings. The number of hydrogen-bond donors (Lipinski definition) is 2. The van der Waals surface area contributed by atoms with Gasteiger partial charge in [-0.05, 0) is 44.4 Å². The van der Waals surface area contributed by atoms with Gasteiger partial charge >= 0.3 is 6.03 Å². The van der Waals surface area contributed by atoms with Gasteiger partial charge in [0.25, 0.3) is 5.91 Å². The van der Waals surface area contributed by atoms with Gasteiger partial charge in [-0.25, -0.2) is 4.79 Å². The fraction of sp³-hybridized carbons (Fsp3) is 0.750. The van der Waals surface area contributed by atoms with Crippen molar-refractivity contribution in [3.8, 4) is 0 Å². The van der Waals surface area contributed by atoms with Crippen molar-refractivity contribution in [2.45, 2.75) is 65.3 Å². The average Bonchev–Trinajstić information content (AvgIpc) is 2.89. The quantitative estimate of drug-likeness (QED) is 0.434. The third kappa shape index (κ3) is 3.26. The lowest BCUT2D eigenvalue weighted by Crippen LogP contribution is -2.44. The van der Waals surface area contributed by atoms with Crippen molar-refractivity contribution in [1.82, 2.24) is 15.5 Å². The van der Waals surface area contributed by atoms with Gasteiger partial charge < -0.3 is 10.6 Å². The van der Waals surface area contributed by atoms with E-state index in [1.807, 2.05) is 0 Å². The molecule has 3 aliphatic rings. The Kier molecular flexibility index (Phi) is 4.88. The second-order valence-corrected chi connectivity index (χ2v) is 8.89. The van der Waals surface area contributed by atoms with Crippen molar-refractivity contribution in [1.29, 1.82) is 0 Å². The van der Waals surface area contributed by atoms with E-state index in [0.29, 0.717) is 25.4 Å². The number of rotatable bonds is 6. The summed E-state index contributed by atoms with van der Waals surface area (Å²) in [5.74, 6) is 0.289. The van der Waals surface area contributed by atoms with Crippen molar-refractivity contribution in [2.75, 3.05) is 13.1 Å². The molecule has 0 aromatic carbocycles. The standard InChI is InChI=1S/C20H31N3O3/c1-13(2)12-14-15(19(14,3)4)16(24)21-10-7-11-23-17(25)20(22-18(23)26)8-5-6-9-20/h12,14-15H,5-11H2,1-4H3,(H,21,24)(H,22,26)/t14-,15+/m1/s1. The molecule has 1 heterocycles. The predicted octanol–water partition coefficient (Wildman–Crippen LogP) is 2.60. The molecule has 0 unspecified atom stereocenters. The molecule has 1 saturated heterocycles. The van der Waals surface area contributed by atoms with Crippen LogP contribution in [0.4, 0.5) is 4.79 Å². The van der Waals surface area contributed by atoms with E-state index in [-0.39, 0.29) is 29.2 Å². The van der Waals surface area contributed by atoms with Crippen molar-refractivity contribution in [3.05, 3.63) is 11.6 Å². The van der Waals surface area contributed by atoms with Crippen LogP contribution in [0.1, 0.15) is 59.8 Å². The summed E-state index contributed by atoms with van der Waals surface area (Å²) in [4.78, 5) is 38.5. The lowest BCUT2D eigenvalue weighted by atomic mass is 9.98. The van der Waals surface area contributed by atoms with E-state index in [2.05, 4.69) is 44.4 Å². The van der Waals surface area contributed by atoms with Gasteiger partial charge in [-0.3, -0.25) is 14.5 Å². The van der Waals surface area contributed by atoms with Crippen molar-refractivity contribution < 1.29 is 14.4 Å². The number of nitrogens with zero attached hydrogens (tertiary/aromatic N) is 1. The first-order chi connectivity index (χ1) is 12.2. The molecule has 4 amide bonds. The molecule has 2 atom stereocenters. The minimum Gasteiger partial charge on any atom is -0.356 e. The highest BCUT2D eigenvalue weighted by molar-refractivity contribution is 6.07. The summed E-state index contributed by atoms with van der Waals surface area (Å²) in [6.07, 6.45) is 6.22. The number of nitrogens with one attached hydrogen (secondary N) is 2. The zero-order valence-corrected chi connectivity index (χ0v) is 16.4. The molecule has 3 rings (SSSR count). The maximum absolute atomic E-state index is 12.6. The van der Waals surface area contributed by atoms with Crippen LogP contribution in [0.3, 0.4) is 0 Å². The number of allylic oxidation sites excluding steroid dienone is 2. The van der Waals surface area contributed by atoms with Crippen molar-refractivity contribution in [2.24, 2.45) is 17.3 Å². The Balaban J connectivity index is 1.45. The molecular formula is C20H31N3O3. The van der Waals surface area contributed by atoms with Crippen LogP contribution < -0.4 is 10.6 Å². The van der Waals surface area contributed by atoms with Crippen LogP contribution in [-0.2, 0) is 9.59 Å². The van der Waals surface area contributed by atoms with Crippen LogP contribution in [0.15, 0.2) is 11.6 Å². The lowest BCUT2D eigenvalue weighted by molar-refractivity contribution is -0.131. The van der Waals surface area contributed by atoms with Crippen LogP contribution in [0, 0.1) is 17.3 Å². The highest BCUT2D eigenvalue weighted by Crippen LogP contribution is 2.59. The van der Waals surface area contributed by atoms with E-state index in [0.717, 1.165) is 25.7 Å². The third-order valence-corrected chi connectivity index (χ3v) is 6.27. The first-order valence-corrected chi connectivity index (χ1v) is 9.76. The van der Waals surface area contributed by atoms with Crippen LogP contribution in [0.5, 0.6) is 0 Å². The molecule has 0 bridgehead atoms. The number of amides is 4. The zero-order chi connectivity index (χ0) is 19.1. The summed E-state index contributed by atoms with van der Waals surface area (Å²) in [5.41, 5.74) is 0.592. The first kappa shape index (κ1) is 18.9. The average molecular weight is 361 g/mol.